The predicted octanol–water partition coefficient (Wildman–Crippen LogP) is 1.80. The molecule has 0 atom stereocenters. The van der Waals surface area contributed by atoms with Crippen molar-refractivity contribution < 1.29 is 4.79 Å². The highest BCUT2D eigenvalue weighted by molar-refractivity contribution is 9.11. The van der Waals surface area contributed by atoms with Gasteiger partial charge in [-0.15, -0.1) is 11.3 Å². The fourth-order valence-electron chi connectivity index (χ4n) is 0.916. The topological polar surface area (TPSA) is 32.3 Å². The molecule has 0 saturated heterocycles. The summed E-state index contributed by atoms with van der Waals surface area (Å²) < 4.78 is 0.982. The van der Waals surface area contributed by atoms with Crippen LogP contribution in [0.5, 0.6) is 0 Å². The van der Waals surface area contributed by atoms with Gasteiger partial charge < -0.3 is 10.2 Å². The number of rotatable bonds is 4. The predicted molar refractivity (Wildman–Crippen MR) is 62.9 cm³/mol. The number of likely N-dealkylation sites (N-methyl/N-ethyl adjacent to an activating group) is 1. The number of nitrogens with one attached hydrogen (secondary N) is 1. The van der Waals surface area contributed by atoms with E-state index in [1.807, 2.05) is 31.1 Å². The molecule has 0 aliphatic carbocycles. The second-order valence-electron chi connectivity index (χ2n) is 3.16. The zero-order valence-electron chi connectivity index (χ0n) is 8.21. The smallest absolute Gasteiger partial charge is 0.261 e. The molecule has 0 fully saturated rings. The highest BCUT2D eigenvalue weighted by atomic mass is 79.9. The van der Waals surface area contributed by atoms with Crippen LogP contribution in [0.2, 0.25) is 0 Å². The van der Waals surface area contributed by atoms with E-state index in [2.05, 4.69) is 21.2 Å². The Labute approximate surface area is 96.2 Å². The molecule has 5 heteroatoms. The Morgan fingerprint density at radius 1 is 1.57 bits per heavy atom. The number of thiophene rings is 1. The van der Waals surface area contributed by atoms with Gasteiger partial charge in [-0.1, -0.05) is 0 Å². The van der Waals surface area contributed by atoms with Gasteiger partial charge in [-0.25, -0.2) is 0 Å². The van der Waals surface area contributed by atoms with E-state index in [0.29, 0.717) is 6.54 Å². The van der Waals surface area contributed by atoms with Gasteiger partial charge in [0.1, 0.15) is 0 Å². The quantitative estimate of drug-likeness (QED) is 0.910. The molecular formula is C9H13BrN2OS. The third-order valence-electron chi connectivity index (χ3n) is 1.64. The number of nitrogens with zero attached hydrogens (tertiary/aromatic N) is 1. The number of halogens is 1. The van der Waals surface area contributed by atoms with Crippen molar-refractivity contribution in [2.24, 2.45) is 0 Å². The summed E-state index contributed by atoms with van der Waals surface area (Å²) in [6, 6.07) is 3.70. The minimum atomic E-state index is 0.00236. The van der Waals surface area contributed by atoms with Gasteiger partial charge in [0.2, 0.25) is 0 Å². The fourth-order valence-corrected chi connectivity index (χ4v) is 2.22. The average molecular weight is 277 g/mol. The van der Waals surface area contributed by atoms with Gasteiger partial charge in [-0.2, -0.15) is 0 Å². The molecule has 14 heavy (non-hydrogen) atoms. The van der Waals surface area contributed by atoms with Crippen molar-refractivity contribution >= 4 is 33.2 Å². The minimum Gasteiger partial charge on any atom is -0.350 e. The molecule has 1 aromatic rings. The summed E-state index contributed by atoms with van der Waals surface area (Å²) in [5, 5.41) is 2.85. The third kappa shape index (κ3) is 3.77. The van der Waals surface area contributed by atoms with E-state index in [4.69, 9.17) is 0 Å². The third-order valence-corrected chi connectivity index (χ3v) is 3.26. The van der Waals surface area contributed by atoms with Crippen molar-refractivity contribution in [3.8, 4) is 0 Å². The van der Waals surface area contributed by atoms with E-state index < -0.39 is 0 Å². The summed E-state index contributed by atoms with van der Waals surface area (Å²) in [6.45, 7) is 1.54. The van der Waals surface area contributed by atoms with Crippen LogP contribution in [0.4, 0.5) is 0 Å². The van der Waals surface area contributed by atoms with Crippen molar-refractivity contribution in [2.75, 3.05) is 27.2 Å². The van der Waals surface area contributed by atoms with Crippen molar-refractivity contribution in [2.45, 2.75) is 0 Å². The van der Waals surface area contributed by atoms with Crippen LogP contribution in [-0.2, 0) is 0 Å². The first-order valence-electron chi connectivity index (χ1n) is 4.28. The lowest BCUT2D eigenvalue weighted by Gasteiger charge is -2.09. The lowest BCUT2D eigenvalue weighted by atomic mass is 10.4. The van der Waals surface area contributed by atoms with Gasteiger partial charge in [-0.3, -0.25) is 4.79 Å². The summed E-state index contributed by atoms with van der Waals surface area (Å²) in [5.74, 6) is 0.00236. The Morgan fingerprint density at radius 3 is 2.79 bits per heavy atom. The number of amides is 1. The van der Waals surface area contributed by atoms with Crippen LogP contribution in [-0.4, -0.2) is 38.0 Å². The van der Waals surface area contributed by atoms with Gasteiger partial charge in [0.05, 0.1) is 8.66 Å². The van der Waals surface area contributed by atoms with Crippen LogP contribution in [0.15, 0.2) is 15.9 Å². The highest BCUT2D eigenvalue weighted by Gasteiger charge is 2.06. The van der Waals surface area contributed by atoms with Crippen molar-refractivity contribution in [1.29, 1.82) is 0 Å². The van der Waals surface area contributed by atoms with Gasteiger partial charge >= 0.3 is 0 Å². The van der Waals surface area contributed by atoms with E-state index in [0.717, 1.165) is 15.2 Å². The van der Waals surface area contributed by atoms with E-state index >= 15 is 0 Å². The first-order chi connectivity index (χ1) is 6.59. The molecule has 1 N–H and O–H groups in total. The summed E-state index contributed by atoms with van der Waals surface area (Å²) in [5.41, 5.74) is 0. The highest BCUT2D eigenvalue weighted by Crippen LogP contribution is 2.21. The first-order valence-corrected chi connectivity index (χ1v) is 5.89. The molecule has 1 aromatic heterocycles. The largest absolute Gasteiger partial charge is 0.350 e. The normalized spacial score (nSPS) is 10.6. The van der Waals surface area contributed by atoms with E-state index in [-0.39, 0.29) is 5.91 Å². The van der Waals surface area contributed by atoms with Crippen molar-refractivity contribution in [3.63, 3.8) is 0 Å². The molecule has 0 bridgehead atoms. The lowest BCUT2D eigenvalue weighted by molar-refractivity contribution is 0.0955. The van der Waals surface area contributed by atoms with Crippen LogP contribution in [0.25, 0.3) is 0 Å². The summed E-state index contributed by atoms with van der Waals surface area (Å²) >= 11 is 4.77. The molecule has 0 spiro atoms. The molecule has 1 rings (SSSR count). The maximum absolute atomic E-state index is 11.5. The minimum absolute atomic E-state index is 0.00236. The number of hydrogen-bond acceptors (Lipinski definition) is 3. The molecule has 1 heterocycles. The molecule has 0 radical (unpaired) electrons. The van der Waals surface area contributed by atoms with Gasteiger partial charge in [0.15, 0.2) is 0 Å². The molecule has 0 aliphatic heterocycles. The Bertz CT molecular complexity index is 312. The Kier molecular flexibility index (Phi) is 4.57. The van der Waals surface area contributed by atoms with Crippen LogP contribution in [0.3, 0.4) is 0 Å². The number of hydrogen-bond donors (Lipinski definition) is 1. The average Bonchev–Trinajstić information content (AvgIpc) is 2.51. The van der Waals surface area contributed by atoms with Crippen LogP contribution < -0.4 is 5.32 Å². The maximum atomic E-state index is 11.5. The van der Waals surface area contributed by atoms with Crippen molar-refractivity contribution in [3.05, 3.63) is 20.8 Å². The van der Waals surface area contributed by atoms with Crippen LogP contribution in [0, 0.1) is 0 Å². The molecule has 0 unspecified atom stereocenters. The molecule has 78 valence electrons. The monoisotopic (exact) mass is 276 g/mol. The Hall–Kier alpha value is -0.390. The number of carbonyl (C=O) groups is 1. The second kappa shape index (κ2) is 5.48. The summed E-state index contributed by atoms with van der Waals surface area (Å²) in [6.07, 6.45) is 0. The van der Waals surface area contributed by atoms with Gasteiger partial charge in [0, 0.05) is 13.1 Å². The zero-order valence-corrected chi connectivity index (χ0v) is 10.6. The Morgan fingerprint density at radius 2 is 2.29 bits per heavy atom. The molecule has 1 amide bonds. The van der Waals surface area contributed by atoms with Gasteiger partial charge in [0.25, 0.3) is 5.91 Å². The summed E-state index contributed by atoms with van der Waals surface area (Å²) in [4.78, 5) is 14.3. The fraction of sp³-hybridized carbons (Fsp3) is 0.444. The molecular weight excluding hydrogens is 264 g/mol. The molecule has 0 aliphatic rings. The van der Waals surface area contributed by atoms with Crippen molar-refractivity contribution in [1.82, 2.24) is 10.2 Å². The van der Waals surface area contributed by atoms with Crippen LogP contribution in [0.1, 0.15) is 9.67 Å². The molecule has 0 aromatic carbocycles. The van der Waals surface area contributed by atoms with E-state index in [1.165, 1.54) is 11.3 Å². The van der Waals surface area contributed by atoms with E-state index in [9.17, 15) is 4.79 Å². The zero-order chi connectivity index (χ0) is 10.6. The van der Waals surface area contributed by atoms with Crippen LogP contribution >= 0.6 is 27.3 Å². The SMILES string of the molecule is CN(C)CCNC(=O)c1ccc(Br)s1. The first kappa shape index (κ1) is 11.7. The second-order valence-corrected chi connectivity index (χ2v) is 5.63. The Balaban J connectivity index is 2.36. The number of carbonyl (C=O) groups excluding carboxylic acids is 1. The molecule has 3 nitrogen and oxygen atoms in total. The standard InChI is InChI=1S/C9H13BrN2OS/c1-12(2)6-5-11-9(13)7-3-4-8(10)14-7/h3-4H,5-6H2,1-2H3,(H,11,13). The maximum Gasteiger partial charge on any atom is 0.261 e. The molecule has 0 saturated carbocycles. The summed E-state index contributed by atoms with van der Waals surface area (Å²) in [7, 11) is 3.96. The van der Waals surface area contributed by atoms with E-state index in [1.54, 1.807) is 0 Å². The lowest BCUT2D eigenvalue weighted by Crippen LogP contribution is -2.30. The van der Waals surface area contributed by atoms with Gasteiger partial charge in [-0.05, 0) is 42.2 Å².